The molecule has 0 radical (unpaired) electrons. The lowest BCUT2D eigenvalue weighted by Gasteiger charge is -2.30. The van der Waals surface area contributed by atoms with E-state index in [-0.39, 0.29) is 22.5 Å². The average Bonchev–Trinajstić information content (AvgIpc) is 2.43. The zero-order valence-electron chi connectivity index (χ0n) is 13.4. The largest absolute Gasteiger partial charge is 0.511 e. The van der Waals surface area contributed by atoms with E-state index < -0.39 is 12.5 Å². The van der Waals surface area contributed by atoms with E-state index in [0.29, 0.717) is 25.0 Å². The number of benzene rings is 1. The normalized spacial score (nSPS) is 18.2. The Morgan fingerprint density at radius 1 is 1.22 bits per heavy atom. The number of ketones is 1. The minimum Gasteiger partial charge on any atom is -0.511 e. The minimum atomic E-state index is -1.07. The first-order chi connectivity index (χ1) is 10.8. The van der Waals surface area contributed by atoms with E-state index >= 15 is 0 Å². The minimum absolute atomic E-state index is 0.00585. The highest BCUT2D eigenvalue weighted by atomic mass is 16.4. The van der Waals surface area contributed by atoms with Gasteiger partial charge in [-0.25, -0.2) is 0 Å². The zero-order valence-corrected chi connectivity index (χ0v) is 13.4. The number of carboxylic acids is 1. The summed E-state index contributed by atoms with van der Waals surface area (Å²) in [6.45, 7) is 3.42. The molecule has 0 heterocycles. The lowest BCUT2D eigenvalue weighted by molar-refractivity contribution is -0.135. The average molecular weight is 315 g/mol. The highest BCUT2D eigenvalue weighted by Crippen LogP contribution is 2.36. The second kappa shape index (κ2) is 6.77. The van der Waals surface area contributed by atoms with Crippen LogP contribution in [-0.2, 0) is 16.0 Å². The van der Waals surface area contributed by atoms with Crippen LogP contribution in [-0.4, -0.2) is 34.2 Å². The maximum atomic E-state index is 12.5. The second-order valence-electron chi connectivity index (χ2n) is 6.58. The van der Waals surface area contributed by atoms with Crippen LogP contribution in [0.4, 0.5) is 0 Å². The number of aliphatic carboxylic acids is 1. The van der Waals surface area contributed by atoms with Gasteiger partial charge in [0.1, 0.15) is 12.3 Å². The van der Waals surface area contributed by atoms with Crippen LogP contribution in [0.15, 0.2) is 46.7 Å². The molecule has 1 aromatic carbocycles. The number of aliphatic hydroxyl groups excluding tert-OH is 1. The predicted molar refractivity (Wildman–Crippen MR) is 87.8 cm³/mol. The van der Waals surface area contributed by atoms with Crippen LogP contribution in [0.2, 0.25) is 0 Å². The van der Waals surface area contributed by atoms with Gasteiger partial charge in [-0.05, 0) is 11.0 Å². The van der Waals surface area contributed by atoms with E-state index in [9.17, 15) is 14.7 Å². The van der Waals surface area contributed by atoms with Gasteiger partial charge < -0.3 is 10.2 Å². The Balaban J connectivity index is 2.39. The molecule has 0 fully saturated rings. The van der Waals surface area contributed by atoms with E-state index in [1.165, 1.54) is 0 Å². The number of aliphatic hydroxyl groups is 1. The quantitative estimate of drug-likeness (QED) is 0.818. The number of allylic oxidation sites excluding steroid dienone is 2. The smallest absolute Gasteiger partial charge is 0.325 e. The van der Waals surface area contributed by atoms with E-state index in [0.717, 1.165) is 5.56 Å². The fourth-order valence-electron chi connectivity index (χ4n) is 2.79. The molecule has 0 spiro atoms. The Morgan fingerprint density at radius 3 is 2.43 bits per heavy atom. The molecule has 0 saturated carbocycles. The molecule has 1 aliphatic rings. The molecule has 0 aromatic heterocycles. The first-order valence-corrected chi connectivity index (χ1v) is 7.53. The fourth-order valence-corrected chi connectivity index (χ4v) is 2.79. The maximum absolute atomic E-state index is 12.5. The number of carbonyl (C=O) groups excluding carboxylic acids is 1. The predicted octanol–water partition coefficient (Wildman–Crippen LogP) is 2.96. The third-order valence-corrected chi connectivity index (χ3v) is 3.76. The summed E-state index contributed by atoms with van der Waals surface area (Å²) in [6.07, 6.45) is 1.02. The third-order valence-electron chi connectivity index (χ3n) is 3.76. The van der Waals surface area contributed by atoms with E-state index in [1.807, 2.05) is 44.2 Å². The van der Waals surface area contributed by atoms with Crippen molar-refractivity contribution >= 4 is 17.5 Å². The molecule has 0 bridgehead atoms. The Bertz CT molecular complexity index is 672. The van der Waals surface area contributed by atoms with Gasteiger partial charge in [0.2, 0.25) is 0 Å². The molecule has 0 saturated heterocycles. The van der Waals surface area contributed by atoms with Gasteiger partial charge >= 0.3 is 5.97 Å². The second-order valence-corrected chi connectivity index (χ2v) is 6.58. The number of aliphatic imine (C=N–C) groups is 1. The highest BCUT2D eigenvalue weighted by molar-refractivity contribution is 6.24. The molecule has 0 atom stereocenters. The number of carboxylic acid groups (broad SMARTS) is 1. The summed E-state index contributed by atoms with van der Waals surface area (Å²) >= 11 is 0. The monoisotopic (exact) mass is 315 g/mol. The van der Waals surface area contributed by atoms with Gasteiger partial charge in [0.25, 0.3) is 0 Å². The van der Waals surface area contributed by atoms with E-state index in [2.05, 4.69) is 4.99 Å². The summed E-state index contributed by atoms with van der Waals surface area (Å²) in [4.78, 5) is 27.4. The summed E-state index contributed by atoms with van der Waals surface area (Å²) in [5.74, 6) is -1.25. The molecule has 0 aliphatic heterocycles. The molecule has 2 N–H and O–H groups in total. The summed E-state index contributed by atoms with van der Waals surface area (Å²) in [6, 6.07) is 9.37. The number of rotatable bonds is 5. The van der Waals surface area contributed by atoms with Crippen LogP contribution in [0.3, 0.4) is 0 Å². The van der Waals surface area contributed by atoms with Crippen molar-refractivity contribution in [1.29, 1.82) is 0 Å². The number of hydrogen-bond donors (Lipinski definition) is 2. The molecular formula is C18H21NO4. The van der Waals surface area contributed by atoms with Gasteiger partial charge in [0, 0.05) is 19.3 Å². The molecule has 1 aromatic rings. The van der Waals surface area contributed by atoms with Gasteiger partial charge in [0.15, 0.2) is 5.78 Å². The first-order valence-electron chi connectivity index (χ1n) is 7.53. The van der Waals surface area contributed by atoms with E-state index in [4.69, 9.17) is 5.11 Å². The summed E-state index contributed by atoms with van der Waals surface area (Å²) < 4.78 is 0. The van der Waals surface area contributed by atoms with Crippen LogP contribution in [0.25, 0.3) is 0 Å². The molecule has 0 amide bonds. The number of nitrogens with zero attached hydrogens (tertiary/aromatic N) is 1. The lowest BCUT2D eigenvalue weighted by atomic mass is 9.75. The van der Waals surface area contributed by atoms with Crippen molar-refractivity contribution in [2.45, 2.75) is 33.1 Å². The fraction of sp³-hybridized carbons (Fsp3) is 0.389. The van der Waals surface area contributed by atoms with Gasteiger partial charge in [-0.2, -0.15) is 0 Å². The molecule has 0 unspecified atom stereocenters. The van der Waals surface area contributed by atoms with Crippen LogP contribution < -0.4 is 0 Å². The molecule has 1 aliphatic carbocycles. The Kier molecular flexibility index (Phi) is 4.98. The summed E-state index contributed by atoms with van der Waals surface area (Å²) in [5, 5.41) is 19.2. The number of Topliss-reactive ketones (excluding diaryl/α,β-unsaturated/α-hetero) is 1. The highest BCUT2D eigenvalue weighted by Gasteiger charge is 2.35. The molecule has 2 rings (SSSR count). The molecular weight excluding hydrogens is 294 g/mol. The summed E-state index contributed by atoms with van der Waals surface area (Å²) in [7, 11) is 0. The topological polar surface area (TPSA) is 87.0 Å². The van der Waals surface area contributed by atoms with Gasteiger partial charge in [-0.15, -0.1) is 0 Å². The Labute approximate surface area is 135 Å². The third kappa shape index (κ3) is 4.52. The molecule has 5 heteroatoms. The summed E-state index contributed by atoms with van der Waals surface area (Å²) in [5.41, 5.74) is 1.15. The van der Waals surface area contributed by atoms with Gasteiger partial charge in [-0.1, -0.05) is 44.2 Å². The maximum Gasteiger partial charge on any atom is 0.325 e. The van der Waals surface area contributed by atoms with Crippen LogP contribution in [0.5, 0.6) is 0 Å². The van der Waals surface area contributed by atoms with Crippen LogP contribution >= 0.6 is 0 Å². The standard InChI is InChI=1S/C18H21NO4/c1-18(2)9-14(20)17(15(21)10-18)13(19-11-16(22)23)8-12-6-4-3-5-7-12/h3-7,20H,8-11H2,1-2H3,(H,22,23). The van der Waals surface area contributed by atoms with Crippen molar-refractivity contribution in [3.63, 3.8) is 0 Å². The molecule has 122 valence electrons. The van der Waals surface area contributed by atoms with E-state index in [1.54, 1.807) is 0 Å². The van der Waals surface area contributed by atoms with Crippen molar-refractivity contribution in [3.8, 4) is 0 Å². The number of carbonyl (C=O) groups is 2. The van der Waals surface area contributed by atoms with Crippen molar-refractivity contribution in [2.75, 3.05) is 6.54 Å². The Hall–Kier alpha value is -2.43. The SMILES string of the molecule is CC1(C)CC(=O)C(C(Cc2ccccc2)=NCC(=O)O)=C(O)C1. The molecule has 23 heavy (non-hydrogen) atoms. The first kappa shape index (κ1) is 16.9. The van der Waals surface area contributed by atoms with Crippen molar-refractivity contribution in [2.24, 2.45) is 10.4 Å². The number of hydrogen-bond acceptors (Lipinski definition) is 4. The lowest BCUT2D eigenvalue weighted by Crippen LogP contribution is -2.30. The van der Waals surface area contributed by atoms with Crippen molar-refractivity contribution in [3.05, 3.63) is 47.2 Å². The Morgan fingerprint density at radius 2 is 1.87 bits per heavy atom. The van der Waals surface area contributed by atoms with Crippen LogP contribution in [0, 0.1) is 5.41 Å². The van der Waals surface area contributed by atoms with Crippen molar-refractivity contribution < 1.29 is 19.8 Å². The van der Waals surface area contributed by atoms with Gasteiger partial charge in [-0.3, -0.25) is 14.6 Å². The zero-order chi connectivity index (χ0) is 17.0. The van der Waals surface area contributed by atoms with Gasteiger partial charge in [0.05, 0.1) is 11.3 Å². The molecule has 5 nitrogen and oxygen atoms in total. The van der Waals surface area contributed by atoms with Crippen molar-refractivity contribution in [1.82, 2.24) is 0 Å². The van der Waals surface area contributed by atoms with Crippen LogP contribution in [0.1, 0.15) is 32.3 Å².